The lowest BCUT2D eigenvalue weighted by atomic mass is 10.0. The first kappa shape index (κ1) is 9.52. The van der Waals surface area contributed by atoms with Gasteiger partial charge in [-0.25, -0.2) is 0 Å². The minimum Gasteiger partial charge on any atom is -0.545 e. The zero-order chi connectivity index (χ0) is 9.84. The van der Waals surface area contributed by atoms with Crippen LogP contribution in [0.1, 0.15) is 19.4 Å². The Balaban J connectivity index is 3.11. The van der Waals surface area contributed by atoms with Crippen molar-refractivity contribution in [3.63, 3.8) is 0 Å². The summed E-state index contributed by atoms with van der Waals surface area (Å²) in [7, 11) is 0. The fourth-order valence-corrected chi connectivity index (χ4v) is 1.06. The van der Waals surface area contributed by atoms with E-state index in [1.165, 1.54) is 0 Å². The summed E-state index contributed by atoms with van der Waals surface area (Å²) < 4.78 is 0. The standard InChI is InChI=1S/C11H12O2/c1-8(9(2)11(12)13)10-6-4-3-5-7-10/h3-7H,1-2H3,(H,12,13)/p-1/b9-8-. The minimum absolute atomic E-state index is 0.284. The van der Waals surface area contributed by atoms with Gasteiger partial charge in [-0.2, -0.15) is 0 Å². The van der Waals surface area contributed by atoms with Crippen LogP contribution in [-0.2, 0) is 4.79 Å². The molecule has 0 radical (unpaired) electrons. The van der Waals surface area contributed by atoms with Crippen LogP contribution in [0.25, 0.3) is 5.57 Å². The third-order valence-electron chi connectivity index (χ3n) is 2.08. The van der Waals surface area contributed by atoms with Gasteiger partial charge in [0.2, 0.25) is 0 Å². The SMILES string of the molecule is C/C(C(=O)[O-])=C(\C)c1ccccc1. The first-order valence-corrected chi connectivity index (χ1v) is 4.07. The van der Waals surface area contributed by atoms with Crippen molar-refractivity contribution in [3.05, 3.63) is 41.5 Å². The highest BCUT2D eigenvalue weighted by atomic mass is 16.4. The van der Waals surface area contributed by atoms with Crippen molar-refractivity contribution in [1.29, 1.82) is 0 Å². The van der Waals surface area contributed by atoms with Gasteiger partial charge in [0.05, 0.1) is 5.97 Å². The van der Waals surface area contributed by atoms with Crippen molar-refractivity contribution in [2.24, 2.45) is 0 Å². The van der Waals surface area contributed by atoms with E-state index in [1.54, 1.807) is 13.8 Å². The fourth-order valence-electron chi connectivity index (χ4n) is 1.06. The second-order valence-electron chi connectivity index (χ2n) is 2.90. The van der Waals surface area contributed by atoms with E-state index in [0.717, 1.165) is 11.1 Å². The Morgan fingerprint density at radius 3 is 2.15 bits per heavy atom. The van der Waals surface area contributed by atoms with E-state index in [4.69, 9.17) is 0 Å². The number of allylic oxidation sites excluding steroid dienone is 1. The molecule has 0 saturated heterocycles. The quantitative estimate of drug-likeness (QED) is 0.634. The van der Waals surface area contributed by atoms with E-state index < -0.39 is 5.97 Å². The molecule has 0 aliphatic heterocycles. The van der Waals surface area contributed by atoms with Gasteiger partial charge in [0.25, 0.3) is 0 Å². The molecule has 1 rings (SSSR count). The van der Waals surface area contributed by atoms with Crippen LogP contribution in [0.15, 0.2) is 35.9 Å². The highest BCUT2D eigenvalue weighted by Crippen LogP contribution is 2.16. The van der Waals surface area contributed by atoms with Gasteiger partial charge in [-0.15, -0.1) is 0 Å². The first-order chi connectivity index (χ1) is 6.13. The van der Waals surface area contributed by atoms with Crippen LogP contribution in [0.5, 0.6) is 0 Å². The second kappa shape index (κ2) is 3.90. The van der Waals surface area contributed by atoms with Gasteiger partial charge in [0.1, 0.15) is 0 Å². The summed E-state index contributed by atoms with van der Waals surface area (Å²) in [5, 5.41) is 10.5. The number of rotatable bonds is 2. The number of aliphatic carboxylic acids is 1. The zero-order valence-electron chi connectivity index (χ0n) is 7.70. The summed E-state index contributed by atoms with van der Waals surface area (Å²) in [6.07, 6.45) is 0. The smallest absolute Gasteiger partial charge is 0.0674 e. The van der Waals surface area contributed by atoms with Crippen molar-refractivity contribution in [2.45, 2.75) is 13.8 Å². The van der Waals surface area contributed by atoms with Crippen LogP contribution >= 0.6 is 0 Å². The lowest BCUT2D eigenvalue weighted by Gasteiger charge is -2.08. The zero-order valence-corrected chi connectivity index (χ0v) is 7.70. The molecule has 0 aromatic heterocycles. The fraction of sp³-hybridized carbons (Fsp3) is 0.182. The van der Waals surface area contributed by atoms with Gasteiger partial charge < -0.3 is 9.90 Å². The Labute approximate surface area is 77.5 Å². The van der Waals surface area contributed by atoms with Gasteiger partial charge in [-0.3, -0.25) is 0 Å². The van der Waals surface area contributed by atoms with Crippen LogP contribution in [0.2, 0.25) is 0 Å². The molecular formula is C11H11O2-. The van der Waals surface area contributed by atoms with E-state index in [2.05, 4.69) is 0 Å². The third kappa shape index (κ3) is 2.18. The van der Waals surface area contributed by atoms with Crippen LogP contribution in [0.3, 0.4) is 0 Å². The van der Waals surface area contributed by atoms with E-state index in [0.29, 0.717) is 0 Å². The predicted molar refractivity (Wildman–Crippen MR) is 49.7 cm³/mol. The van der Waals surface area contributed by atoms with E-state index in [1.807, 2.05) is 30.3 Å². The third-order valence-corrected chi connectivity index (χ3v) is 2.08. The normalized spacial score (nSPS) is 12.2. The monoisotopic (exact) mass is 175 g/mol. The molecular weight excluding hydrogens is 164 g/mol. The maximum Gasteiger partial charge on any atom is 0.0674 e. The molecule has 2 nitrogen and oxygen atoms in total. The molecule has 0 amide bonds. The minimum atomic E-state index is -1.11. The van der Waals surface area contributed by atoms with Crippen molar-refractivity contribution >= 4 is 11.5 Å². The van der Waals surface area contributed by atoms with Crippen LogP contribution < -0.4 is 5.11 Å². The molecule has 0 atom stereocenters. The molecule has 2 heteroatoms. The maximum atomic E-state index is 10.5. The molecule has 0 unspecified atom stereocenters. The number of carboxylic acid groups (broad SMARTS) is 1. The molecule has 68 valence electrons. The summed E-state index contributed by atoms with van der Waals surface area (Å²) in [5.41, 5.74) is 1.95. The van der Waals surface area contributed by atoms with E-state index in [9.17, 15) is 9.90 Å². The molecule has 0 heterocycles. The number of carbonyl (C=O) groups is 1. The molecule has 1 aromatic rings. The molecule has 0 spiro atoms. The number of benzene rings is 1. The highest BCUT2D eigenvalue weighted by Gasteiger charge is 1.99. The average Bonchev–Trinajstić information content (AvgIpc) is 2.17. The number of carbonyl (C=O) groups excluding carboxylic acids is 1. The molecule has 0 aliphatic rings. The Bertz CT molecular complexity index is 336. The Morgan fingerprint density at radius 2 is 1.69 bits per heavy atom. The van der Waals surface area contributed by atoms with Gasteiger partial charge in [-0.1, -0.05) is 30.3 Å². The van der Waals surface area contributed by atoms with E-state index in [-0.39, 0.29) is 5.57 Å². The number of carboxylic acids is 1. The maximum absolute atomic E-state index is 10.5. The molecule has 0 N–H and O–H groups in total. The number of hydrogen-bond donors (Lipinski definition) is 0. The summed E-state index contributed by atoms with van der Waals surface area (Å²) in [5.74, 6) is -1.11. The van der Waals surface area contributed by atoms with Crippen LogP contribution in [0, 0.1) is 0 Å². The molecule has 1 aromatic carbocycles. The lowest BCUT2D eigenvalue weighted by molar-refractivity contribution is -0.299. The van der Waals surface area contributed by atoms with Crippen molar-refractivity contribution in [2.75, 3.05) is 0 Å². The van der Waals surface area contributed by atoms with Gasteiger partial charge in [-0.05, 0) is 30.6 Å². The summed E-state index contributed by atoms with van der Waals surface area (Å²) in [6.45, 7) is 3.33. The second-order valence-corrected chi connectivity index (χ2v) is 2.90. The van der Waals surface area contributed by atoms with Crippen LogP contribution in [0.4, 0.5) is 0 Å². The van der Waals surface area contributed by atoms with Crippen molar-refractivity contribution in [1.82, 2.24) is 0 Å². The molecule has 0 fully saturated rings. The van der Waals surface area contributed by atoms with Gasteiger partial charge in [0.15, 0.2) is 0 Å². The Morgan fingerprint density at radius 1 is 1.15 bits per heavy atom. The molecule has 0 aliphatic carbocycles. The van der Waals surface area contributed by atoms with Gasteiger partial charge >= 0.3 is 0 Å². The number of hydrogen-bond acceptors (Lipinski definition) is 2. The van der Waals surface area contributed by atoms with Crippen LogP contribution in [-0.4, -0.2) is 5.97 Å². The predicted octanol–water partition coefficient (Wildman–Crippen LogP) is 1.23. The first-order valence-electron chi connectivity index (χ1n) is 4.07. The molecule has 0 bridgehead atoms. The summed E-state index contributed by atoms with van der Waals surface area (Å²) >= 11 is 0. The van der Waals surface area contributed by atoms with E-state index >= 15 is 0 Å². The summed E-state index contributed by atoms with van der Waals surface area (Å²) in [4.78, 5) is 10.5. The summed E-state index contributed by atoms with van der Waals surface area (Å²) in [6, 6.07) is 9.40. The highest BCUT2D eigenvalue weighted by molar-refractivity contribution is 5.93. The Hall–Kier alpha value is -1.57. The van der Waals surface area contributed by atoms with Gasteiger partial charge in [0, 0.05) is 0 Å². The Kier molecular flexibility index (Phi) is 2.85. The average molecular weight is 175 g/mol. The van der Waals surface area contributed by atoms with Crippen molar-refractivity contribution in [3.8, 4) is 0 Å². The molecule has 0 saturated carbocycles. The van der Waals surface area contributed by atoms with Crippen molar-refractivity contribution < 1.29 is 9.90 Å². The molecule has 13 heavy (non-hydrogen) atoms. The largest absolute Gasteiger partial charge is 0.545 e. The lowest BCUT2D eigenvalue weighted by Crippen LogP contribution is -2.23. The topological polar surface area (TPSA) is 40.1 Å².